The molecule has 0 nitrogen and oxygen atoms in total. The second-order valence-corrected chi connectivity index (χ2v) is 5.77. The second-order valence-electron chi connectivity index (χ2n) is 5.77. The van der Waals surface area contributed by atoms with Gasteiger partial charge in [0.2, 0.25) is 0 Å². The lowest BCUT2D eigenvalue weighted by molar-refractivity contribution is 0.610. The minimum Gasteiger partial charge on any atom is -0.206 e. The highest BCUT2D eigenvalue weighted by atomic mass is 19.2. The van der Waals surface area contributed by atoms with Gasteiger partial charge in [-0.25, -0.2) is 13.2 Å². The lowest BCUT2D eigenvalue weighted by Crippen LogP contribution is -1.91. The molecule has 0 saturated heterocycles. The molecule has 0 radical (unpaired) electrons. The van der Waals surface area contributed by atoms with Crippen molar-refractivity contribution < 1.29 is 13.2 Å². The van der Waals surface area contributed by atoms with Gasteiger partial charge in [-0.05, 0) is 43.0 Å². The molecule has 23 heavy (non-hydrogen) atoms. The maximum absolute atomic E-state index is 14.3. The first-order chi connectivity index (χ1) is 11.0. The molecule has 2 aromatic rings. The summed E-state index contributed by atoms with van der Waals surface area (Å²) in [4.78, 5) is 0. The topological polar surface area (TPSA) is 0 Å². The van der Waals surface area contributed by atoms with Crippen LogP contribution in [0.1, 0.15) is 48.4 Å². The van der Waals surface area contributed by atoms with Gasteiger partial charge >= 0.3 is 0 Å². The highest BCUT2D eigenvalue weighted by molar-refractivity contribution is 5.83. The average Bonchev–Trinajstić information content (AvgIpc) is 2.54. The van der Waals surface area contributed by atoms with Crippen molar-refractivity contribution in [3.05, 3.63) is 70.5 Å². The number of benzene rings is 2. The number of unbranched alkanes of at least 4 members (excludes halogenated alkanes) is 2. The lowest BCUT2D eigenvalue weighted by atomic mass is 10.0. The van der Waals surface area contributed by atoms with E-state index in [0.29, 0.717) is 5.56 Å². The van der Waals surface area contributed by atoms with Crippen LogP contribution in [0.15, 0.2) is 42.5 Å². The van der Waals surface area contributed by atoms with E-state index in [1.165, 1.54) is 12.1 Å². The summed E-state index contributed by atoms with van der Waals surface area (Å²) in [6.45, 7) is 3.83. The van der Waals surface area contributed by atoms with Gasteiger partial charge in [-0.3, -0.25) is 0 Å². The van der Waals surface area contributed by atoms with E-state index in [1.54, 1.807) is 37.3 Å². The van der Waals surface area contributed by atoms with Crippen molar-refractivity contribution in [1.29, 1.82) is 0 Å². The van der Waals surface area contributed by atoms with Crippen LogP contribution >= 0.6 is 0 Å². The third-order valence-corrected chi connectivity index (χ3v) is 3.83. The summed E-state index contributed by atoms with van der Waals surface area (Å²) < 4.78 is 42.3. The largest absolute Gasteiger partial charge is 0.206 e. The molecule has 0 atom stereocenters. The zero-order chi connectivity index (χ0) is 16.8. The van der Waals surface area contributed by atoms with Crippen LogP contribution in [-0.2, 0) is 6.42 Å². The van der Waals surface area contributed by atoms with E-state index in [9.17, 15) is 13.2 Å². The minimum absolute atomic E-state index is 0.127. The molecule has 0 aromatic heterocycles. The molecule has 0 fully saturated rings. The Labute approximate surface area is 135 Å². The fourth-order valence-electron chi connectivity index (χ4n) is 2.44. The van der Waals surface area contributed by atoms with E-state index in [-0.39, 0.29) is 11.1 Å². The molecule has 0 spiro atoms. The molecule has 0 bridgehead atoms. The SMILES string of the molecule is CCCCCc1ccc(/C(F)=C(\F)c2ccc(C)cc2F)cc1. The van der Waals surface area contributed by atoms with E-state index in [4.69, 9.17) is 0 Å². The molecule has 2 aromatic carbocycles. The van der Waals surface area contributed by atoms with Crippen LogP contribution in [0, 0.1) is 12.7 Å². The first-order valence-electron chi connectivity index (χ1n) is 7.94. The van der Waals surface area contributed by atoms with Gasteiger partial charge in [0.05, 0.1) is 0 Å². The number of hydrogen-bond donors (Lipinski definition) is 0. The monoisotopic (exact) mass is 318 g/mol. The van der Waals surface area contributed by atoms with Crippen molar-refractivity contribution in [1.82, 2.24) is 0 Å². The molecule has 3 heteroatoms. The van der Waals surface area contributed by atoms with Crippen molar-refractivity contribution in [3.8, 4) is 0 Å². The van der Waals surface area contributed by atoms with Crippen molar-refractivity contribution in [2.75, 3.05) is 0 Å². The van der Waals surface area contributed by atoms with Gasteiger partial charge in [-0.15, -0.1) is 0 Å². The molecule has 0 aliphatic carbocycles. The minimum atomic E-state index is -1.17. The molecule has 0 heterocycles. The van der Waals surface area contributed by atoms with Gasteiger partial charge in [0.15, 0.2) is 11.7 Å². The Bertz CT molecular complexity index is 685. The molecule has 0 aliphatic rings. The first-order valence-corrected chi connectivity index (χ1v) is 7.94. The van der Waals surface area contributed by atoms with Gasteiger partial charge in [-0.2, -0.15) is 0 Å². The smallest absolute Gasteiger partial charge is 0.169 e. The quantitative estimate of drug-likeness (QED) is 0.414. The molecular formula is C20H21F3. The van der Waals surface area contributed by atoms with Crippen LogP contribution in [-0.4, -0.2) is 0 Å². The van der Waals surface area contributed by atoms with E-state index in [0.717, 1.165) is 31.2 Å². The predicted molar refractivity (Wildman–Crippen MR) is 89.8 cm³/mol. The molecule has 2 rings (SSSR count). The predicted octanol–water partition coefficient (Wildman–Crippen LogP) is 6.63. The maximum atomic E-state index is 14.3. The van der Waals surface area contributed by atoms with Crippen LogP contribution < -0.4 is 0 Å². The Morgan fingerprint density at radius 2 is 1.61 bits per heavy atom. The summed E-state index contributed by atoms with van der Waals surface area (Å²) in [5.41, 5.74) is 1.54. The normalized spacial score (nSPS) is 12.2. The number of aryl methyl sites for hydroxylation is 2. The summed E-state index contributed by atoms with van der Waals surface area (Å²) in [7, 11) is 0. The van der Waals surface area contributed by atoms with Crippen LogP contribution in [0.25, 0.3) is 11.7 Å². The second kappa shape index (κ2) is 8.00. The van der Waals surface area contributed by atoms with E-state index < -0.39 is 17.5 Å². The molecule has 0 unspecified atom stereocenters. The van der Waals surface area contributed by atoms with E-state index in [2.05, 4.69) is 6.92 Å². The number of hydrogen-bond acceptors (Lipinski definition) is 0. The van der Waals surface area contributed by atoms with Gasteiger partial charge in [0, 0.05) is 11.1 Å². The maximum Gasteiger partial charge on any atom is 0.169 e. The Balaban J connectivity index is 2.22. The van der Waals surface area contributed by atoms with Gasteiger partial charge < -0.3 is 0 Å². The lowest BCUT2D eigenvalue weighted by Gasteiger charge is -2.06. The van der Waals surface area contributed by atoms with Crippen LogP contribution in [0.4, 0.5) is 13.2 Å². The fourth-order valence-corrected chi connectivity index (χ4v) is 2.44. The zero-order valence-corrected chi connectivity index (χ0v) is 13.5. The third-order valence-electron chi connectivity index (χ3n) is 3.83. The van der Waals surface area contributed by atoms with Crippen molar-refractivity contribution in [2.45, 2.75) is 39.5 Å². The average molecular weight is 318 g/mol. The summed E-state index contributed by atoms with van der Waals surface area (Å²) in [5, 5.41) is 0. The van der Waals surface area contributed by atoms with E-state index >= 15 is 0 Å². The van der Waals surface area contributed by atoms with Crippen LogP contribution in [0.2, 0.25) is 0 Å². The summed E-state index contributed by atoms with van der Waals surface area (Å²) in [6, 6.07) is 10.7. The highest BCUT2D eigenvalue weighted by Gasteiger charge is 2.15. The standard InChI is InChI=1S/C20H21F3/c1-3-4-5-6-15-8-10-16(11-9-15)19(22)20(23)17-12-7-14(2)13-18(17)21/h7-13H,3-6H2,1-2H3/b20-19+. The number of halogens is 3. The molecular weight excluding hydrogens is 297 g/mol. The fraction of sp³-hybridized carbons (Fsp3) is 0.300. The van der Waals surface area contributed by atoms with Crippen LogP contribution in [0.5, 0.6) is 0 Å². The molecule has 0 N–H and O–H groups in total. The van der Waals surface area contributed by atoms with Crippen molar-refractivity contribution >= 4 is 11.7 Å². The van der Waals surface area contributed by atoms with Gasteiger partial charge in [-0.1, -0.05) is 50.1 Å². The molecule has 0 amide bonds. The zero-order valence-electron chi connectivity index (χ0n) is 13.5. The summed E-state index contributed by atoms with van der Waals surface area (Å²) in [5.74, 6) is -2.96. The summed E-state index contributed by atoms with van der Waals surface area (Å²) in [6.07, 6.45) is 4.30. The van der Waals surface area contributed by atoms with Crippen molar-refractivity contribution in [2.24, 2.45) is 0 Å². The van der Waals surface area contributed by atoms with Crippen LogP contribution in [0.3, 0.4) is 0 Å². The Kier molecular flexibility index (Phi) is 6.03. The Morgan fingerprint density at radius 1 is 0.913 bits per heavy atom. The van der Waals surface area contributed by atoms with Crippen molar-refractivity contribution in [3.63, 3.8) is 0 Å². The number of rotatable bonds is 6. The molecule has 0 aliphatic heterocycles. The highest BCUT2D eigenvalue weighted by Crippen LogP contribution is 2.30. The van der Waals surface area contributed by atoms with Gasteiger partial charge in [0.1, 0.15) is 5.82 Å². The van der Waals surface area contributed by atoms with E-state index in [1.807, 2.05) is 0 Å². The summed E-state index contributed by atoms with van der Waals surface area (Å²) >= 11 is 0. The first kappa shape index (κ1) is 17.3. The Morgan fingerprint density at radius 3 is 2.22 bits per heavy atom. The Hall–Kier alpha value is -2.03. The van der Waals surface area contributed by atoms with Gasteiger partial charge in [0.25, 0.3) is 0 Å². The molecule has 122 valence electrons. The molecule has 0 saturated carbocycles. The third kappa shape index (κ3) is 4.47.